The molecule has 0 fully saturated rings. The first-order chi connectivity index (χ1) is 10.0. The van der Waals surface area contributed by atoms with Crippen molar-refractivity contribution in [3.8, 4) is 11.3 Å². The SMILES string of the molecule is CCOC(=O)c1cn2cc(-c3cc(Cl)sc3Cl)nc2n1C. The number of ether oxygens (including phenoxy) is 1. The molecular weight excluding hydrogens is 333 g/mol. The van der Waals surface area contributed by atoms with Gasteiger partial charge in [0.25, 0.3) is 0 Å². The Balaban J connectivity index is 2.07. The summed E-state index contributed by atoms with van der Waals surface area (Å²) >= 11 is 13.4. The van der Waals surface area contributed by atoms with Gasteiger partial charge in [0.15, 0.2) is 0 Å². The van der Waals surface area contributed by atoms with Crippen molar-refractivity contribution >= 4 is 46.3 Å². The Bertz CT molecular complexity index is 834. The second kappa shape index (κ2) is 5.36. The maximum atomic E-state index is 11.8. The number of carbonyl (C=O) groups is 1. The minimum absolute atomic E-state index is 0.334. The zero-order valence-corrected chi connectivity index (χ0v) is 13.6. The topological polar surface area (TPSA) is 48.5 Å². The highest BCUT2D eigenvalue weighted by Crippen LogP contribution is 2.37. The first-order valence-electron chi connectivity index (χ1n) is 6.18. The molecule has 0 aliphatic rings. The van der Waals surface area contributed by atoms with Crippen molar-refractivity contribution in [1.29, 1.82) is 0 Å². The number of nitrogens with zero attached hydrogens (tertiary/aromatic N) is 3. The Labute approximate surface area is 134 Å². The van der Waals surface area contributed by atoms with Crippen LogP contribution in [-0.4, -0.2) is 26.5 Å². The highest BCUT2D eigenvalue weighted by atomic mass is 35.5. The van der Waals surface area contributed by atoms with Crippen LogP contribution in [0.1, 0.15) is 17.4 Å². The molecule has 0 atom stereocenters. The minimum atomic E-state index is -0.372. The van der Waals surface area contributed by atoms with Crippen LogP contribution in [0.3, 0.4) is 0 Å². The van der Waals surface area contributed by atoms with E-state index in [4.69, 9.17) is 27.9 Å². The van der Waals surface area contributed by atoms with Crippen molar-refractivity contribution < 1.29 is 9.53 Å². The van der Waals surface area contributed by atoms with Crippen LogP contribution in [-0.2, 0) is 11.8 Å². The van der Waals surface area contributed by atoms with E-state index in [1.54, 1.807) is 35.2 Å². The van der Waals surface area contributed by atoms with Crippen LogP contribution >= 0.6 is 34.5 Å². The third-order valence-electron chi connectivity index (χ3n) is 3.05. The number of hydrogen-bond acceptors (Lipinski definition) is 4. The summed E-state index contributed by atoms with van der Waals surface area (Å²) in [6.45, 7) is 2.10. The van der Waals surface area contributed by atoms with Crippen LogP contribution < -0.4 is 0 Å². The number of rotatable bonds is 3. The molecular formula is C13H11Cl2N3O2S. The number of hydrogen-bond donors (Lipinski definition) is 0. The Hall–Kier alpha value is -1.50. The minimum Gasteiger partial charge on any atom is -0.461 e. The van der Waals surface area contributed by atoms with Crippen LogP contribution in [0.15, 0.2) is 18.5 Å². The number of thiophene rings is 1. The zero-order valence-electron chi connectivity index (χ0n) is 11.3. The molecule has 0 aliphatic heterocycles. The van der Waals surface area contributed by atoms with Crippen LogP contribution in [0.4, 0.5) is 0 Å². The van der Waals surface area contributed by atoms with Gasteiger partial charge in [-0.05, 0) is 13.0 Å². The number of halogens is 2. The van der Waals surface area contributed by atoms with Crippen molar-refractivity contribution in [3.63, 3.8) is 0 Å². The highest BCUT2D eigenvalue weighted by molar-refractivity contribution is 7.20. The fourth-order valence-corrected chi connectivity index (χ4v) is 3.57. The maximum absolute atomic E-state index is 11.8. The molecule has 0 bridgehead atoms. The molecule has 0 amide bonds. The van der Waals surface area contributed by atoms with E-state index in [0.717, 1.165) is 5.56 Å². The third-order valence-corrected chi connectivity index (χ3v) is 4.54. The summed E-state index contributed by atoms with van der Waals surface area (Å²) in [5, 5.41) is 0. The van der Waals surface area contributed by atoms with E-state index in [-0.39, 0.29) is 5.97 Å². The third kappa shape index (κ3) is 2.43. The lowest BCUT2D eigenvalue weighted by molar-refractivity contribution is 0.0515. The summed E-state index contributed by atoms with van der Waals surface area (Å²) in [6, 6.07) is 1.78. The second-order valence-electron chi connectivity index (χ2n) is 4.37. The fraction of sp³-hybridized carbons (Fsp3) is 0.231. The molecule has 3 rings (SSSR count). The van der Waals surface area contributed by atoms with Crippen LogP contribution in [0.25, 0.3) is 17.0 Å². The number of aryl methyl sites for hydroxylation is 1. The molecule has 0 spiro atoms. The molecule has 0 aromatic carbocycles. The number of fused-ring (bicyclic) bond motifs is 1. The lowest BCUT2D eigenvalue weighted by atomic mass is 10.3. The van der Waals surface area contributed by atoms with E-state index in [1.807, 2.05) is 6.20 Å². The quantitative estimate of drug-likeness (QED) is 0.678. The van der Waals surface area contributed by atoms with Gasteiger partial charge in [-0.25, -0.2) is 9.78 Å². The van der Waals surface area contributed by atoms with Crippen molar-refractivity contribution in [2.45, 2.75) is 6.92 Å². The summed E-state index contributed by atoms with van der Waals surface area (Å²) in [6.07, 6.45) is 3.49. The molecule has 0 N–H and O–H groups in total. The molecule has 5 nitrogen and oxygen atoms in total. The van der Waals surface area contributed by atoms with Gasteiger partial charge in [-0.3, -0.25) is 4.40 Å². The number of esters is 1. The standard InChI is InChI=1S/C13H11Cl2N3O2S/c1-3-20-12(19)9-6-18-5-8(16-13(18)17(9)2)7-4-10(14)21-11(7)15/h4-6H,3H2,1-2H3. The Morgan fingerprint density at radius 1 is 1.43 bits per heavy atom. The first kappa shape index (κ1) is 14.4. The molecule has 110 valence electrons. The average Bonchev–Trinajstić information content (AvgIpc) is 3.05. The van der Waals surface area contributed by atoms with E-state index in [1.165, 1.54) is 11.3 Å². The summed E-state index contributed by atoms with van der Waals surface area (Å²) in [4.78, 5) is 16.3. The van der Waals surface area contributed by atoms with Crippen LogP contribution in [0.5, 0.6) is 0 Å². The molecule has 3 aromatic heterocycles. The second-order valence-corrected chi connectivity index (χ2v) is 6.65. The van der Waals surface area contributed by atoms with Crippen molar-refractivity contribution in [2.75, 3.05) is 6.61 Å². The average molecular weight is 344 g/mol. The normalized spacial score (nSPS) is 11.2. The van der Waals surface area contributed by atoms with Gasteiger partial charge in [-0.1, -0.05) is 23.2 Å². The van der Waals surface area contributed by atoms with E-state index >= 15 is 0 Å². The molecule has 0 radical (unpaired) electrons. The predicted molar refractivity (Wildman–Crippen MR) is 83.5 cm³/mol. The lowest BCUT2D eigenvalue weighted by Crippen LogP contribution is -2.09. The van der Waals surface area contributed by atoms with E-state index in [0.29, 0.717) is 32.4 Å². The summed E-state index contributed by atoms with van der Waals surface area (Å²) in [5.41, 5.74) is 1.94. The van der Waals surface area contributed by atoms with Gasteiger partial charge in [0, 0.05) is 25.0 Å². The van der Waals surface area contributed by atoms with Gasteiger partial charge >= 0.3 is 5.97 Å². The molecule has 0 saturated carbocycles. The summed E-state index contributed by atoms with van der Waals surface area (Å²) < 4.78 is 9.66. The molecule has 21 heavy (non-hydrogen) atoms. The molecule has 0 aliphatic carbocycles. The largest absolute Gasteiger partial charge is 0.461 e. The van der Waals surface area contributed by atoms with E-state index in [2.05, 4.69) is 4.98 Å². The van der Waals surface area contributed by atoms with Gasteiger partial charge in [-0.15, -0.1) is 11.3 Å². The lowest BCUT2D eigenvalue weighted by Gasteiger charge is -2.01. The number of carbonyl (C=O) groups excluding carboxylic acids is 1. The Kier molecular flexibility index (Phi) is 3.69. The predicted octanol–water partition coefficient (Wildman–Crippen LogP) is 3.88. The smallest absolute Gasteiger partial charge is 0.356 e. The zero-order chi connectivity index (χ0) is 15.1. The summed E-state index contributed by atoms with van der Waals surface area (Å²) in [5.74, 6) is 0.259. The van der Waals surface area contributed by atoms with Gasteiger partial charge in [0.1, 0.15) is 10.0 Å². The van der Waals surface area contributed by atoms with Gasteiger partial charge < -0.3 is 9.30 Å². The van der Waals surface area contributed by atoms with Gasteiger partial charge in [0.05, 0.1) is 16.6 Å². The number of aromatic nitrogens is 3. The van der Waals surface area contributed by atoms with E-state index < -0.39 is 0 Å². The monoisotopic (exact) mass is 343 g/mol. The molecule has 3 aromatic rings. The number of imidazole rings is 2. The Morgan fingerprint density at radius 2 is 2.19 bits per heavy atom. The van der Waals surface area contributed by atoms with E-state index in [9.17, 15) is 4.79 Å². The van der Waals surface area contributed by atoms with Crippen molar-refractivity contribution in [1.82, 2.24) is 14.0 Å². The Morgan fingerprint density at radius 3 is 2.76 bits per heavy atom. The maximum Gasteiger partial charge on any atom is 0.356 e. The first-order valence-corrected chi connectivity index (χ1v) is 7.75. The fourth-order valence-electron chi connectivity index (χ4n) is 2.09. The highest BCUT2D eigenvalue weighted by Gasteiger charge is 2.18. The van der Waals surface area contributed by atoms with Crippen molar-refractivity contribution in [3.05, 3.63) is 32.8 Å². The molecule has 8 heteroatoms. The molecule has 3 heterocycles. The molecule has 0 saturated heterocycles. The van der Waals surface area contributed by atoms with Gasteiger partial charge in [0.2, 0.25) is 5.78 Å². The van der Waals surface area contributed by atoms with Crippen LogP contribution in [0.2, 0.25) is 8.67 Å². The van der Waals surface area contributed by atoms with Crippen LogP contribution in [0, 0.1) is 0 Å². The van der Waals surface area contributed by atoms with Crippen molar-refractivity contribution in [2.24, 2.45) is 7.05 Å². The van der Waals surface area contributed by atoms with Gasteiger partial charge in [-0.2, -0.15) is 0 Å². The molecule has 0 unspecified atom stereocenters. The summed E-state index contributed by atoms with van der Waals surface area (Å²) in [7, 11) is 1.76.